The van der Waals surface area contributed by atoms with Gasteiger partial charge in [0.25, 0.3) is 0 Å². The summed E-state index contributed by atoms with van der Waals surface area (Å²) in [7, 11) is -9.85. The number of hydrogen-bond donors (Lipinski definition) is 0. The fourth-order valence-electron chi connectivity index (χ4n) is 0.543. The monoisotopic (exact) mass is 297 g/mol. The second-order valence-corrected chi connectivity index (χ2v) is 13.7. The van der Waals surface area contributed by atoms with Gasteiger partial charge in [-0.05, 0) is 0 Å². The molecule has 19 heavy (non-hydrogen) atoms. The van der Waals surface area contributed by atoms with Crippen LogP contribution < -0.4 is 0 Å². The van der Waals surface area contributed by atoms with E-state index in [1.165, 1.54) is 0 Å². The molecule has 0 atom stereocenters. The van der Waals surface area contributed by atoms with Gasteiger partial charge in [0, 0.05) is 0 Å². The number of hydrogen-bond acceptors (Lipinski definition) is 9. The molecule has 92 valence electrons. The number of nitriles is 9. The van der Waals surface area contributed by atoms with Crippen molar-refractivity contribution in [3.05, 3.63) is 0 Å². The van der Waals surface area contributed by atoms with E-state index in [-0.39, 0.29) is 0 Å². The Kier molecular flexibility index (Phi) is 1.09. The zero-order chi connectivity index (χ0) is 15.7. The average molecular weight is 298 g/mol. The molecule has 0 spiro atoms. The van der Waals surface area contributed by atoms with Gasteiger partial charge in [-0.15, -0.1) is 0 Å². The SMILES string of the molecule is N#[C][Cu]([C]#N)([C]#N)([C]#N)([C]#N)([C]#N)([C]#N)([C]#N)[C]#N. The molecule has 10 heteroatoms. The van der Waals surface area contributed by atoms with Crippen LogP contribution in [0.1, 0.15) is 0 Å². The van der Waals surface area contributed by atoms with Gasteiger partial charge in [0.05, 0.1) is 0 Å². The van der Waals surface area contributed by atoms with Gasteiger partial charge in [-0.2, -0.15) is 0 Å². The Morgan fingerprint density at radius 3 is 0.421 bits per heavy atom. The van der Waals surface area contributed by atoms with E-state index in [4.69, 9.17) is 0 Å². The first kappa shape index (κ1) is 14.9. The number of nitrogens with zero attached hydrogens (tertiary/aromatic N) is 9. The quantitative estimate of drug-likeness (QED) is 0.555. The molecule has 0 aliphatic heterocycles. The van der Waals surface area contributed by atoms with E-state index < -0.39 is 7.57 Å². The summed E-state index contributed by atoms with van der Waals surface area (Å²) in [6.07, 6.45) is 0. The molecular formula is C9CuN9. The van der Waals surface area contributed by atoms with E-state index in [2.05, 4.69) is 0 Å². The summed E-state index contributed by atoms with van der Waals surface area (Å²) in [5, 5.41) is 83.2. The van der Waals surface area contributed by atoms with Crippen molar-refractivity contribution < 1.29 is 7.57 Å². The molecule has 0 saturated carbocycles. The van der Waals surface area contributed by atoms with Crippen molar-refractivity contribution in [1.82, 2.24) is 0 Å². The van der Waals surface area contributed by atoms with Gasteiger partial charge in [0.15, 0.2) is 0 Å². The molecule has 0 saturated heterocycles. The second kappa shape index (κ2) is 1.39. The van der Waals surface area contributed by atoms with E-state index in [9.17, 15) is 47.4 Å². The average Bonchev–Trinajstić information content (AvgIpc) is 2.57. The van der Waals surface area contributed by atoms with Gasteiger partial charge in [-0.1, -0.05) is 0 Å². The summed E-state index contributed by atoms with van der Waals surface area (Å²) in [5.74, 6) is 0. The van der Waals surface area contributed by atoms with Crippen molar-refractivity contribution in [2.75, 3.05) is 0 Å². The Hall–Kier alpha value is -4.07. The van der Waals surface area contributed by atoms with Crippen LogP contribution in [0.2, 0.25) is 0 Å². The normalized spacial score (nSPS) is 19.4. The van der Waals surface area contributed by atoms with Crippen molar-refractivity contribution in [3.63, 3.8) is 0 Å². The van der Waals surface area contributed by atoms with Crippen LogP contribution in [0.5, 0.6) is 0 Å². The summed E-state index contributed by atoms with van der Waals surface area (Å²) in [4.78, 5) is 3.56. The van der Waals surface area contributed by atoms with Crippen molar-refractivity contribution in [2.24, 2.45) is 0 Å². The van der Waals surface area contributed by atoms with Crippen LogP contribution in [0.4, 0.5) is 0 Å². The molecule has 0 amide bonds. The maximum absolute atomic E-state index is 9.85. The summed E-state index contributed by atoms with van der Waals surface area (Å²) in [6, 6.07) is 0. The van der Waals surface area contributed by atoms with Crippen LogP contribution in [0.15, 0.2) is 0 Å². The summed E-state index contributed by atoms with van der Waals surface area (Å²) in [5.41, 5.74) is 0. The fraction of sp³-hybridized carbons (Fsp3) is 0. The first-order valence-corrected chi connectivity index (χ1v) is 7.61. The third-order valence-corrected chi connectivity index (χ3v) is 10.0. The Bertz CT molecular complexity index is 749. The molecule has 0 N–H and O–H groups in total. The molecule has 0 fully saturated rings. The molecule has 0 aromatic heterocycles. The first-order chi connectivity index (χ1) is 8.49. The maximum atomic E-state index is 9.25. The molecule has 0 bridgehead atoms. The van der Waals surface area contributed by atoms with Crippen LogP contribution in [-0.4, -0.2) is 0 Å². The van der Waals surface area contributed by atoms with Crippen molar-refractivity contribution in [2.45, 2.75) is 0 Å². The van der Waals surface area contributed by atoms with E-state index in [0.29, 0.717) is 44.7 Å². The van der Waals surface area contributed by atoms with E-state index in [0.717, 1.165) is 0 Å². The van der Waals surface area contributed by atoms with E-state index >= 15 is 0 Å². The summed E-state index contributed by atoms with van der Waals surface area (Å²) in [6.45, 7) is 0. The standard InChI is InChI=1S/9CN.Cu/c9*1-2;. The van der Waals surface area contributed by atoms with Gasteiger partial charge in [-0.3, -0.25) is 0 Å². The topological polar surface area (TPSA) is 214 Å². The Balaban J connectivity index is 10.1. The van der Waals surface area contributed by atoms with Crippen molar-refractivity contribution >= 4 is 0 Å². The molecule has 0 aromatic carbocycles. The third kappa shape index (κ3) is 0.430. The minimum atomic E-state index is -9.85. The number of rotatable bonds is 0. The Labute approximate surface area is 99.9 Å². The van der Waals surface area contributed by atoms with Crippen LogP contribution in [0.25, 0.3) is 0 Å². The molecule has 0 unspecified atom stereocenters. The third-order valence-electron chi connectivity index (χ3n) is 2.43. The van der Waals surface area contributed by atoms with Gasteiger partial charge >= 0.3 is 99.6 Å². The molecule has 0 radical (unpaired) electrons. The Morgan fingerprint density at radius 2 is 0.421 bits per heavy atom. The first-order valence-electron chi connectivity index (χ1n) is 3.37. The van der Waals surface area contributed by atoms with Crippen molar-refractivity contribution in [1.29, 1.82) is 47.4 Å². The molecule has 9 nitrogen and oxygen atoms in total. The van der Waals surface area contributed by atoms with Crippen LogP contribution in [0, 0.1) is 92.1 Å². The van der Waals surface area contributed by atoms with Crippen molar-refractivity contribution in [3.8, 4) is 44.7 Å². The predicted molar refractivity (Wildman–Crippen MR) is 50.5 cm³/mol. The zero-order valence-electron chi connectivity index (χ0n) is 8.83. The van der Waals surface area contributed by atoms with Crippen LogP contribution in [-0.2, 0) is 7.57 Å². The van der Waals surface area contributed by atoms with E-state index in [1.807, 2.05) is 0 Å². The summed E-state index contributed by atoms with van der Waals surface area (Å²) < 4.78 is 0. The Morgan fingerprint density at radius 1 is 0.316 bits per heavy atom. The molecule has 0 aliphatic rings. The molecule has 0 rings (SSSR count). The second-order valence-electron chi connectivity index (χ2n) is 3.32. The van der Waals surface area contributed by atoms with Gasteiger partial charge in [0.2, 0.25) is 0 Å². The summed E-state index contributed by atoms with van der Waals surface area (Å²) >= 11 is 0. The van der Waals surface area contributed by atoms with Gasteiger partial charge < -0.3 is 0 Å². The molecule has 0 aromatic rings. The van der Waals surface area contributed by atoms with Crippen LogP contribution >= 0.6 is 0 Å². The molecule has 0 aliphatic carbocycles. The van der Waals surface area contributed by atoms with E-state index in [1.54, 1.807) is 0 Å². The fourth-order valence-corrected chi connectivity index (χ4v) is 2.24. The predicted octanol–water partition coefficient (Wildman–Crippen LogP) is 0.149. The zero-order valence-corrected chi connectivity index (χ0v) is 9.77. The molecule has 0 heterocycles. The van der Waals surface area contributed by atoms with Gasteiger partial charge in [0.1, 0.15) is 0 Å². The minimum absolute atomic E-state index is 0.396. The van der Waals surface area contributed by atoms with Gasteiger partial charge in [-0.25, -0.2) is 0 Å². The molecular weight excluding hydrogens is 298 g/mol. The van der Waals surface area contributed by atoms with Crippen LogP contribution in [0.3, 0.4) is 0 Å².